The number of unbranched alkanes of at least 4 members (excludes halogenated alkanes) is 3. The number of fused-ring (bicyclic) bond motifs is 11. The summed E-state index contributed by atoms with van der Waals surface area (Å²) in [7, 11) is -0.538. The van der Waals surface area contributed by atoms with Crippen molar-refractivity contribution in [3.05, 3.63) is 449 Å². The van der Waals surface area contributed by atoms with Crippen molar-refractivity contribution < 1.29 is 27.4 Å². The second-order valence-electron chi connectivity index (χ2n) is 32.4. The lowest BCUT2D eigenvalue weighted by molar-refractivity contribution is -0.137. The highest BCUT2D eigenvalue weighted by molar-refractivity contribution is 7.97. The smallest absolute Gasteiger partial charge is 0.416 e. The number of hydrogen-bond acceptors (Lipinski definition) is 4. The molecule has 22 rings (SSSR count). The van der Waals surface area contributed by atoms with E-state index in [9.17, 15) is 18.0 Å². The highest BCUT2D eigenvalue weighted by Crippen LogP contribution is 2.53. The van der Waals surface area contributed by atoms with Gasteiger partial charge in [0.15, 0.2) is 80.6 Å². The van der Waals surface area contributed by atoms with Crippen LogP contribution in [0.4, 0.5) is 13.2 Å². The third-order valence-corrected chi connectivity index (χ3v) is 35.8. The van der Waals surface area contributed by atoms with Crippen molar-refractivity contribution in [3.8, 4) is 48.3 Å². The Bertz CT molecular complexity index is 7150. The summed E-state index contributed by atoms with van der Waals surface area (Å²) < 4.78 is 64.8. The quantitative estimate of drug-likeness (QED) is 0.0695. The van der Waals surface area contributed by atoms with Gasteiger partial charge in [0.05, 0.1) is 22.9 Å². The van der Waals surface area contributed by atoms with Gasteiger partial charge in [0.1, 0.15) is 38.3 Å². The fourth-order valence-corrected chi connectivity index (χ4v) is 29.3. The summed E-state index contributed by atoms with van der Waals surface area (Å²) in [6.07, 6.45) is 0.473. The molecule has 634 valence electrons. The number of ether oxygens (including phenoxy) is 3. The van der Waals surface area contributed by atoms with Crippen molar-refractivity contribution in [2.75, 3.05) is 6.61 Å². The molecule has 0 spiro atoms. The van der Waals surface area contributed by atoms with E-state index in [1.807, 2.05) is 78.9 Å². The van der Waals surface area contributed by atoms with Gasteiger partial charge in [0.2, 0.25) is 25.0 Å². The number of halogens is 3. The Kier molecular flexibility index (Phi) is 27.2. The monoisotopic (exact) mass is 1790 g/mol. The first-order valence-electron chi connectivity index (χ1n) is 43.2. The van der Waals surface area contributed by atoms with Crippen molar-refractivity contribution in [2.24, 2.45) is 0 Å². The molecule has 2 aliphatic rings. The van der Waals surface area contributed by atoms with Crippen LogP contribution in [-0.2, 0) is 33.4 Å². The molecule has 4 aromatic heterocycles. The molecule has 0 radical (unpaired) electrons. The molecule has 4 nitrogen and oxygen atoms in total. The zero-order valence-corrected chi connectivity index (χ0v) is 77.4. The molecule has 2 aliphatic heterocycles. The van der Waals surface area contributed by atoms with E-state index in [4.69, 9.17) is 14.2 Å². The molecule has 0 fully saturated rings. The normalized spacial score (nSPS) is 12.5. The van der Waals surface area contributed by atoms with E-state index in [-0.39, 0.29) is 69.4 Å². The summed E-state index contributed by atoms with van der Waals surface area (Å²) in [6, 6.07) is 137. The third kappa shape index (κ3) is 19.3. The number of rotatable bonds is 12. The van der Waals surface area contributed by atoms with Crippen LogP contribution in [0, 0.1) is 20.8 Å². The van der Waals surface area contributed by atoms with Gasteiger partial charge in [-0.25, -0.2) is 0 Å². The number of thiophene rings is 3. The van der Waals surface area contributed by atoms with Crippen LogP contribution in [0.5, 0.6) is 28.7 Å². The lowest BCUT2D eigenvalue weighted by atomic mass is 9.87. The lowest BCUT2D eigenvalue weighted by Crippen LogP contribution is -2.12. The summed E-state index contributed by atoms with van der Waals surface area (Å²) in [4.78, 5) is 25.7. The maximum absolute atomic E-state index is 13.1. The van der Waals surface area contributed by atoms with Crippen molar-refractivity contribution in [3.63, 3.8) is 0 Å². The molecule has 3 unspecified atom stereocenters. The Morgan fingerprint density at radius 3 is 1.13 bits per heavy atom. The molecule has 6 heterocycles. The molecular weight excluding hydrogens is 1690 g/mol. The fourth-order valence-electron chi connectivity index (χ4n) is 16.2. The molecule has 20 aromatic rings. The van der Waals surface area contributed by atoms with Gasteiger partial charge in [0, 0.05) is 87.7 Å². The Morgan fingerprint density at radius 2 is 0.672 bits per heavy atom. The zero-order chi connectivity index (χ0) is 88.3. The second-order valence-corrected chi connectivity index (χ2v) is 44.0. The number of aryl methyl sites for hydroxylation is 3. The van der Waals surface area contributed by atoms with Gasteiger partial charge in [-0.1, -0.05) is 241 Å². The van der Waals surface area contributed by atoms with Crippen LogP contribution < -0.4 is 19.6 Å². The molecular formula is C115H99F3O4S6+6. The maximum atomic E-state index is 13.1. The predicted octanol–water partition coefficient (Wildman–Crippen LogP) is 35.0. The zero-order valence-electron chi connectivity index (χ0n) is 72.5. The van der Waals surface area contributed by atoms with Crippen molar-refractivity contribution in [1.29, 1.82) is 0 Å². The van der Waals surface area contributed by atoms with E-state index < -0.39 is 22.2 Å². The van der Waals surface area contributed by atoms with E-state index in [2.05, 4.69) is 350 Å². The number of benzene rings is 16. The Balaban J connectivity index is 0.000000109. The highest BCUT2D eigenvalue weighted by atomic mass is 32.2. The summed E-state index contributed by atoms with van der Waals surface area (Å²) in [6.45, 7) is 16.3. The molecule has 3 atom stereocenters. The van der Waals surface area contributed by atoms with Crippen LogP contribution in [0.2, 0.25) is 0 Å². The van der Waals surface area contributed by atoms with Crippen LogP contribution in [0.3, 0.4) is 0 Å². The first-order chi connectivity index (χ1) is 62.4. The molecule has 0 saturated heterocycles. The standard InChI is InChI=1S/C26H29OS.C20H12F3OS.C19H15OS.C18H13OS.C18H19S.C14H11S/c1-4-5-6-11-16-27-26-19(2)17-21(18-20(26)3)28-24-14-9-7-12-22(24)23-13-8-10-15-25(23)28;21-20(22,23)13-10-11-18-16(12-13)19(24)15-8-4-5-9-17(15)25(18)14-6-2-1-3-7-14;1-14-10-12-15(13-11-14)21-18-8-4-2-6-16(18)20-17-7-3-5-9-19(17)21;1-2-8-14(9-3-1)20-17-12-6-4-10-15(17)19-16-11-5-7-13-18(16)20;1-18(2,3)15-8-10-16(11-9-15)19-13-12-14-6-4-5-7-17(14)19;1-2-7-13(8-3-1)15-11-10-12-6-4-5-9-14(12)15/h7-10,12-15,17-18H,4-6,11,16H2,1-3H3;1-12H;2-13H,1H3;1-13H;4-13H,1-3H3;1-11H/q6*+1. The van der Waals surface area contributed by atoms with Gasteiger partial charge in [-0.05, 0) is 237 Å². The largest absolute Gasteiger partial charge is 0.493 e. The minimum atomic E-state index is -4.47. The Labute approximate surface area is 764 Å². The van der Waals surface area contributed by atoms with E-state index in [1.54, 1.807) is 12.1 Å². The molecule has 128 heavy (non-hydrogen) atoms. The van der Waals surface area contributed by atoms with Crippen molar-refractivity contribution in [1.82, 2.24) is 0 Å². The lowest BCUT2D eigenvalue weighted by Gasteiger charge is -2.19. The third-order valence-electron chi connectivity index (χ3n) is 22.5. The number of alkyl halides is 3. The fraction of sp³-hybridized carbons (Fsp3) is 0.122. The van der Waals surface area contributed by atoms with Gasteiger partial charge < -0.3 is 14.2 Å². The van der Waals surface area contributed by atoms with E-state index in [1.165, 1.54) is 132 Å². The summed E-state index contributed by atoms with van der Waals surface area (Å²) in [5.74, 6) is 4.96. The van der Waals surface area contributed by atoms with Gasteiger partial charge in [-0.3, -0.25) is 4.79 Å². The van der Waals surface area contributed by atoms with Crippen LogP contribution in [0.15, 0.2) is 445 Å². The van der Waals surface area contributed by atoms with Crippen LogP contribution in [0.1, 0.15) is 81.2 Å². The predicted molar refractivity (Wildman–Crippen MR) is 543 cm³/mol. The van der Waals surface area contributed by atoms with Gasteiger partial charge in [-0.15, -0.1) is 0 Å². The minimum absolute atomic E-state index is 0.0350. The minimum Gasteiger partial charge on any atom is -0.493 e. The van der Waals surface area contributed by atoms with Crippen LogP contribution >= 0.6 is 41.9 Å². The Morgan fingerprint density at radius 1 is 0.312 bits per heavy atom. The summed E-state index contributed by atoms with van der Waals surface area (Å²) >= 11 is 0. The van der Waals surface area contributed by atoms with Gasteiger partial charge >= 0.3 is 6.18 Å². The van der Waals surface area contributed by atoms with Crippen LogP contribution in [0.25, 0.3) is 80.1 Å². The van der Waals surface area contributed by atoms with E-state index >= 15 is 0 Å². The van der Waals surface area contributed by atoms with Crippen LogP contribution in [-0.4, -0.2) is 6.61 Å². The Hall–Kier alpha value is -12.6. The number of para-hydroxylation sites is 4. The first-order valence-corrected chi connectivity index (χ1v) is 50.7. The molecule has 0 aliphatic carbocycles. The summed E-state index contributed by atoms with van der Waals surface area (Å²) in [5, 5.41) is 10.7. The van der Waals surface area contributed by atoms with Crippen molar-refractivity contribution >= 4 is 124 Å². The molecule has 0 bridgehead atoms. The first kappa shape index (κ1) is 87.5. The highest BCUT2D eigenvalue weighted by Gasteiger charge is 2.41. The van der Waals surface area contributed by atoms with Gasteiger partial charge in [0.25, 0.3) is 0 Å². The average Bonchev–Trinajstić information content (AvgIpc) is 1.55. The molecule has 0 amide bonds. The second kappa shape index (κ2) is 39.8. The molecule has 0 saturated carbocycles. The van der Waals surface area contributed by atoms with E-state index in [0.29, 0.717) is 10.1 Å². The van der Waals surface area contributed by atoms with Crippen molar-refractivity contribution in [2.45, 2.75) is 115 Å². The SMILES string of the molecule is CC(C)(C)c1ccc(-[s+]2ccc3ccccc32)cc1.CCCCCCOc1c(C)cc(-[s+]2c3ccccc3c3ccccc32)cc1C.Cc1ccc([S+]2c3ccccc3Oc3ccccc32)cc1.O=c1c2ccccc2[s+](-c2ccccc2)c2ccc(C(F)(F)F)cc12.c1ccc(-[s+]2ccc3ccccc32)cc1.c1ccc([S+]2c3ccccc3Oc3ccccc32)cc1. The van der Waals surface area contributed by atoms with Gasteiger partial charge in [-0.2, -0.15) is 13.2 Å². The average molecular weight is 1790 g/mol. The maximum Gasteiger partial charge on any atom is 0.416 e. The molecule has 0 N–H and O–H groups in total. The molecule has 16 aromatic carbocycles. The molecule has 13 heteroatoms. The summed E-state index contributed by atoms with van der Waals surface area (Å²) in [5.41, 5.74) is 4.27. The van der Waals surface area contributed by atoms with E-state index in [0.717, 1.165) is 63.5 Å². The topological polar surface area (TPSA) is 44.8 Å². The number of hydrogen-bond donors (Lipinski definition) is 0.